The first kappa shape index (κ1) is 20.7. The standard InChI is InChI=1S/C25H25N3O3S/c1-16-21(17(2)31-27-16)15-30-20-11-9-18(10-12-20)25(29)28-13-5-6-19(14-28)24-26-22-7-3-4-8-23(22)32-24/h3-4,7-12,19H,5-6,13-15H2,1-2H3/t19-/m1/s1. The average molecular weight is 448 g/mol. The van der Waals surface area contributed by atoms with Crippen molar-refractivity contribution >= 4 is 27.5 Å². The average Bonchev–Trinajstić information content (AvgIpc) is 3.40. The number of likely N-dealkylation sites (tertiary alicyclic amines) is 1. The number of amides is 1. The van der Waals surface area contributed by atoms with Crippen LogP contribution in [0.15, 0.2) is 53.1 Å². The van der Waals surface area contributed by atoms with Gasteiger partial charge in [-0.2, -0.15) is 0 Å². The highest BCUT2D eigenvalue weighted by molar-refractivity contribution is 7.18. The molecule has 0 aliphatic carbocycles. The summed E-state index contributed by atoms with van der Waals surface area (Å²) in [5, 5.41) is 5.08. The van der Waals surface area contributed by atoms with E-state index in [9.17, 15) is 4.79 Å². The molecule has 7 heteroatoms. The van der Waals surface area contributed by atoms with Crippen molar-refractivity contribution in [3.05, 3.63) is 76.1 Å². The Bertz CT molecular complexity index is 1190. The third-order valence-electron chi connectivity index (χ3n) is 6.03. The lowest BCUT2D eigenvalue weighted by Crippen LogP contribution is -2.39. The Hall–Kier alpha value is -3.19. The van der Waals surface area contributed by atoms with E-state index in [1.165, 1.54) is 4.70 Å². The molecule has 1 atom stereocenters. The maximum Gasteiger partial charge on any atom is 0.253 e. The Balaban J connectivity index is 1.24. The van der Waals surface area contributed by atoms with Crippen molar-refractivity contribution in [2.75, 3.05) is 13.1 Å². The van der Waals surface area contributed by atoms with E-state index in [1.807, 2.05) is 55.1 Å². The maximum atomic E-state index is 13.1. The lowest BCUT2D eigenvalue weighted by atomic mass is 9.98. The van der Waals surface area contributed by atoms with E-state index in [0.29, 0.717) is 30.4 Å². The van der Waals surface area contributed by atoms with Gasteiger partial charge in [0.15, 0.2) is 0 Å². The number of rotatable bonds is 5. The van der Waals surface area contributed by atoms with Crippen LogP contribution in [-0.2, 0) is 6.61 Å². The molecule has 1 aliphatic heterocycles. The Morgan fingerprint density at radius 1 is 1.19 bits per heavy atom. The highest BCUT2D eigenvalue weighted by atomic mass is 32.1. The summed E-state index contributed by atoms with van der Waals surface area (Å²) in [6.07, 6.45) is 2.06. The number of hydrogen-bond acceptors (Lipinski definition) is 6. The molecule has 1 amide bonds. The van der Waals surface area contributed by atoms with Gasteiger partial charge in [-0.1, -0.05) is 17.3 Å². The molecule has 2 aromatic heterocycles. The topological polar surface area (TPSA) is 68.5 Å². The van der Waals surface area contributed by atoms with Crippen LogP contribution in [0.5, 0.6) is 5.75 Å². The Morgan fingerprint density at radius 2 is 2.00 bits per heavy atom. The molecule has 2 aromatic carbocycles. The number of benzene rings is 2. The third kappa shape index (κ3) is 4.12. The Kier molecular flexibility index (Phi) is 5.66. The number of nitrogens with zero attached hydrogens (tertiary/aromatic N) is 3. The number of fused-ring (bicyclic) bond motifs is 1. The summed E-state index contributed by atoms with van der Waals surface area (Å²) >= 11 is 1.74. The molecular formula is C25H25N3O3S. The summed E-state index contributed by atoms with van der Waals surface area (Å²) in [5.41, 5.74) is 3.52. The molecule has 5 rings (SSSR count). The summed E-state index contributed by atoms with van der Waals surface area (Å²) in [6, 6.07) is 15.6. The number of carbonyl (C=O) groups is 1. The van der Waals surface area contributed by atoms with Crippen LogP contribution < -0.4 is 4.74 Å². The quantitative estimate of drug-likeness (QED) is 0.404. The van der Waals surface area contributed by atoms with Gasteiger partial charge in [-0.15, -0.1) is 11.3 Å². The van der Waals surface area contributed by atoms with E-state index in [1.54, 1.807) is 11.3 Å². The normalized spacial score (nSPS) is 16.4. The lowest BCUT2D eigenvalue weighted by Gasteiger charge is -2.32. The summed E-state index contributed by atoms with van der Waals surface area (Å²) in [4.78, 5) is 19.9. The summed E-state index contributed by atoms with van der Waals surface area (Å²) in [5.74, 6) is 1.84. The molecule has 1 fully saturated rings. The van der Waals surface area contributed by atoms with Gasteiger partial charge in [0.2, 0.25) is 0 Å². The second kappa shape index (κ2) is 8.74. The lowest BCUT2D eigenvalue weighted by molar-refractivity contribution is 0.0707. The van der Waals surface area contributed by atoms with Gasteiger partial charge < -0.3 is 14.2 Å². The fraction of sp³-hybridized carbons (Fsp3) is 0.320. The van der Waals surface area contributed by atoms with Gasteiger partial charge in [0.25, 0.3) is 5.91 Å². The van der Waals surface area contributed by atoms with Crippen LogP contribution in [0.3, 0.4) is 0 Å². The van der Waals surface area contributed by atoms with Gasteiger partial charge >= 0.3 is 0 Å². The van der Waals surface area contributed by atoms with Gasteiger partial charge in [0, 0.05) is 24.6 Å². The zero-order chi connectivity index (χ0) is 22.1. The molecule has 0 spiro atoms. The fourth-order valence-electron chi connectivity index (χ4n) is 4.17. The monoisotopic (exact) mass is 447 g/mol. The first-order valence-electron chi connectivity index (χ1n) is 10.9. The van der Waals surface area contributed by atoms with E-state index >= 15 is 0 Å². The minimum Gasteiger partial charge on any atom is -0.489 e. The number of para-hydroxylation sites is 1. The summed E-state index contributed by atoms with van der Waals surface area (Å²) in [6.45, 7) is 5.66. The molecule has 0 unspecified atom stereocenters. The van der Waals surface area contributed by atoms with E-state index in [-0.39, 0.29) is 5.91 Å². The van der Waals surface area contributed by atoms with Gasteiger partial charge in [0.05, 0.1) is 26.5 Å². The molecule has 0 radical (unpaired) electrons. The number of hydrogen-bond donors (Lipinski definition) is 0. The molecule has 1 aliphatic rings. The van der Waals surface area contributed by atoms with E-state index in [0.717, 1.165) is 46.9 Å². The number of carbonyl (C=O) groups excluding carboxylic acids is 1. The highest BCUT2D eigenvalue weighted by Gasteiger charge is 2.27. The molecule has 3 heterocycles. The van der Waals surface area contributed by atoms with Crippen LogP contribution in [-0.4, -0.2) is 34.0 Å². The van der Waals surface area contributed by atoms with Crippen molar-refractivity contribution in [2.45, 2.75) is 39.2 Å². The predicted molar refractivity (Wildman–Crippen MR) is 124 cm³/mol. The number of aromatic nitrogens is 2. The largest absolute Gasteiger partial charge is 0.489 e. The minimum absolute atomic E-state index is 0.0630. The van der Waals surface area contributed by atoms with E-state index in [4.69, 9.17) is 14.2 Å². The Morgan fingerprint density at radius 3 is 2.75 bits per heavy atom. The van der Waals surface area contributed by atoms with Crippen molar-refractivity contribution in [1.82, 2.24) is 15.0 Å². The molecule has 32 heavy (non-hydrogen) atoms. The van der Waals surface area contributed by atoms with Crippen LogP contribution in [0.1, 0.15) is 51.1 Å². The first-order valence-corrected chi connectivity index (χ1v) is 11.7. The zero-order valence-corrected chi connectivity index (χ0v) is 19.0. The number of aryl methyl sites for hydroxylation is 2. The summed E-state index contributed by atoms with van der Waals surface area (Å²) in [7, 11) is 0. The summed E-state index contributed by atoms with van der Waals surface area (Å²) < 4.78 is 12.2. The Labute approximate surface area is 190 Å². The number of ether oxygens (including phenoxy) is 1. The molecule has 0 saturated carbocycles. The van der Waals surface area contributed by atoms with Crippen molar-refractivity contribution < 1.29 is 14.1 Å². The van der Waals surface area contributed by atoms with Crippen LogP contribution >= 0.6 is 11.3 Å². The number of piperidine rings is 1. The van der Waals surface area contributed by atoms with E-state index in [2.05, 4.69) is 17.3 Å². The van der Waals surface area contributed by atoms with Gasteiger partial charge in [0.1, 0.15) is 18.1 Å². The highest BCUT2D eigenvalue weighted by Crippen LogP contribution is 2.33. The molecule has 1 saturated heterocycles. The smallest absolute Gasteiger partial charge is 0.253 e. The molecule has 4 aromatic rings. The SMILES string of the molecule is Cc1noc(C)c1COc1ccc(C(=O)N2CCC[C@@H](c3nc4ccccc4s3)C2)cc1. The molecule has 6 nitrogen and oxygen atoms in total. The van der Waals surface area contributed by atoms with Gasteiger partial charge in [-0.05, 0) is 63.1 Å². The van der Waals surface area contributed by atoms with Crippen LogP contribution in [0.2, 0.25) is 0 Å². The van der Waals surface area contributed by atoms with Crippen molar-refractivity contribution in [3.63, 3.8) is 0 Å². The van der Waals surface area contributed by atoms with Crippen LogP contribution in [0.4, 0.5) is 0 Å². The fourth-order valence-corrected chi connectivity index (χ4v) is 5.26. The van der Waals surface area contributed by atoms with Crippen molar-refractivity contribution in [1.29, 1.82) is 0 Å². The second-order valence-electron chi connectivity index (χ2n) is 8.23. The third-order valence-corrected chi connectivity index (χ3v) is 7.23. The van der Waals surface area contributed by atoms with Gasteiger partial charge in [-0.3, -0.25) is 4.79 Å². The molecule has 0 bridgehead atoms. The van der Waals surface area contributed by atoms with Gasteiger partial charge in [-0.25, -0.2) is 4.98 Å². The first-order chi connectivity index (χ1) is 15.6. The predicted octanol–water partition coefficient (Wildman–Crippen LogP) is 5.50. The van der Waals surface area contributed by atoms with Crippen molar-refractivity contribution in [3.8, 4) is 5.75 Å². The second-order valence-corrected chi connectivity index (χ2v) is 9.29. The molecule has 0 N–H and O–H groups in total. The zero-order valence-electron chi connectivity index (χ0n) is 18.2. The van der Waals surface area contributed by atoms with E-state index < -0.39 is 0 Å². The van der Waals surface area contributed by atoms with Crippen LogP contribution in [0.25, 0.3) is 10.2 Å². The minimum atomic E-state index is 0.0630. The molecular weight excluding hydrogens is 422 g/mol. The van der Waals surface area contributed by atoms with Crippen LogP contribution in [0, 0.1) is 13.8 Å². The maximum absolute atomic E-state index is 13.1. The van der Waals surface area contributed by atoms with Crippen molar-refractivity contribution in [2.24, 2.45) is 0 Å². The number of thiazole rings is 1. The molecule has 164 valence electrons.